The number of nitrogens with one attached hydrogen (secondary N) is 1. The minimum absolute atomic E-state index is 0.0574. The zero-order valence-corrected chi connectivity index (χ0v) is 22.1. The fourth-order valence-electron chi connectivity index (χ4n) is 4.36. The molecule has 210 valence electrons. The van der Waals surface area contributed by atoms with E-state index in [4.69, 9.17) is 13.9 Å². The van der Waals surface area contributed by atoms with Crippen LogP contribution in [0.1, 0.15) is 31.1 Å². The molecule has 1 amide bonds. The third kappa shape index (κ3) is 6.51. The highest BCUT2D eigenvalue weighted by atomic mass is 19.4. The summed E-state index contributed by atoms with van der Waals surface area (Å²) >= 11 is 0. The smallest absolute Gasteiger partial charge is 0.453 e. The molecule has 0 aliphatic rings. The summed E-state index contributed by atoms with van der Waals surface area (Å²) in [5, 5.41) is 4.18. The number of aryl methyl sites for hydroxylation is 1. The van der Waals surface area contributed by atoms with Crippen molar-refractivity contribution in [2.24, 2.45) is 0 Å². The van der Waals surface area contributed by atoms with Crippen molar-refractivity contribution in [2.45, 2.75) is 32.4 Å². The Morgan fingerprint density at radius 3 is 2.37 bits per heavy atom. The molecule has 4 aromatic carbocycles. The molecule has 9 heteroatoms. The fraction of sp³-hybridized carbons (Fsp3) is 0.188. The Bertz CT molecular complexity index is 1760. The number of rotatable bonds is 9. The lowest BCUT2D eigenvalue weighted by Gasteiger charge is -2.14. The van der Waals surface area contributed by atoms with E-state index in [9.17, 15) is 22.8 Å². The average Bonchev–Trinajstić information content (AvgIpc) is 2.96. The van der Waals surface area contributed by atoms with Crippen LogP contribution in [0.2, 0.25) is 0 Å². The molecule has 41 heavy (non-hydrogen) atoms. The van der Waals surface area contributed by atoms with E-state index >= 15 is 0 Å². The van der Waals surface area contributed by atoms with Gasteiger partial charge in [0, 0.05) is 11.8 Å². The van der Waals surface area contributed by atoms with Crippen LogP contribution in [-0.4, -0.2) is 12.5 Å². The Morgan fingerprint density at radius 1 is 0.902 bits per heavy atom. The number of unbranched alkanes of at least 4 members (excludes halogenated alkanes) is 1. The van der Waals surface area contributed by atoms with Crippen LogP contribution in [0.25, 0.3) is 21.7 Å². The third-order valence-electron chi connectivity index (χ3n) is 6.45. The van der Waals surface area contributed by atoms with Crippen molar-refractivity contribution in [2.75, 3.05) is 11.9 Å². The summed E-state index contributed by atoms with van der Waals surface area (Å²) in [6.07, 6.45) is -1.89. The van der Waals surface area contributed by atoms with E-state index in [0.29, 0.717) is 5.69 Å². The number of fused-ring (bicyclic) bond motifs is 2. The minimum atomic E-state index is -5.01. The van der Waals surface area contributed by atoms with Crippen LogP contribution in [0.3, 0.4) is 0 Å². The first-order valence-electron chi connectivity index (χ1n) is 13.1. The molecule has 1 aromatic heterocycles. The van der Waals surface area contributed by atoms with Crippen LogP contribution in [0, 0.1) is 0 Å². The van der Waals surface area contributed by atoms with Crippen LogP contribution >= 0.6 is 0 Å². The third-order valence-corrected chi connectivity index (χ3v) is 6.45. The van der Waals surface area contributed by atoms with E-state index in [1.165, 1.54) is 23.8 Å². The Kier molecular flexibility index (Phi) is 7.96. The predicted molar refractivity (Wildman–Crippen MR) is 151 cm³/mol. The van der Waals surface area contributed by atoms with Gasteiger partial charge in [-0.2, -0.15) is 13.2 Å². The molecule has 0 unspecified atom stereocenters. The van der Waals surface area contributed by atoms with Crippen LogP contribution in [0.15, 0.2) is 94.1 Å². The maximum absolute atomic E-state index is 14.0. The molecule has 0 bridgehead atoms. The highest BCUT2D eigenvalue weighted by Gasteiger charge is 2.40. The Hall–Kier alpha value is -4.79. The van der Waals surface area contributed by atoms with Crippen molar-refractivity contribution in [3.8, 4) is 17.2 Å². The van der Waals surface area contributed by atoms with Gasteiger partial charge in [0.15, 0.2) is 6.61 Å². The maximum atomic E-state index is 14.0. The first kappa shape index (κ1) is 27.8. The van der Waals surface area contributed by atoms with E-state index in [-0.39, 0.29) is 22.5 Å². The van der Waals surface area contributed by atoms with Crippen molar-refractivity contribution in [3.63, 3.8) is 0 Å². The van der Waals surface area contributed by atoms with E-state index in [1.807, 2.05) is 24.3 Å². The van der Waals surface area contributed by atoms with E-state index in [2.05, 4.69) is 12.2 Å². The molecule has 6 nitrogen and oxygen atoms in total. The molecule has 0 saturated heterocycles. The van der Waals surface area contributed by atoms with Gasteiger partial charge in [0.2, 0.25) is 11.2 Å². The summed E-state index contributed by atoms with van der Waals surface area (Å²) in [4.78, 5) is 25.5. The second-order valence-electron chi connectivity index (χ2n) is 9.49. The van der Waals surface area contributed by atoms with Crippen molar-refractivity contribution < 1.29 is 31.9 Å². The number of benzene rings is 4. The van der Waals surface area contributed by atoms with Gasteiger partial charge < -0.3 is 19.2 Å². The van der Waals surface area contributed by atoms with E-state index in [0.717, 1.165) is 36.1 Å². The second-order valence-corrected chi connectivity index (χ2v) is 9.49. The highest BCUT2D eigenvalue weighted by Crippen LogP contribution is 2.39. The van der Waals surface area contributed by atoms with Crippen LogP contribution < -0.4 is 20.2 Å². The lowest BCUT2D eigenvalue weighted by Crippen LogP contribution is -2.20. The van der Waals surface area contributed by atoms with Crippen molar-refractivity contribution >= 4 is 33.3 Å². The molecule has 0 aliphatic carbocycles. The standard InChI is InChI=1S/C32H26F3NO5/c1-2-3-6-20-9-12-23(13-10-20)36-28(37)19-39-24-15-16-26-27(18-24)41-31(32(33,34)35)30(29(26)38)40-25-14-11-21-7-4-5-8-22(21)17-25/h4-5,7-18H,2-3,6,19H2,1H3,(H,36,37). The average molecular weight is 562 g/mol. The quantitative estimate of drug-likeness (QED) is 0.197. The van der Waals surface area contributed by atoms with E-state index in [1.54, 1.807) is 36.4 Å². The predicted octanol–water partition coefficient (Wildman–Crippen LogP) is 8.12. The molecule has 0 saturated carbocycles. The van der Waals surface area contributed by atoms with Crippen LogP contribution in [0.4, 0.5) is 18.9 Å². The minimum Gasteiger partial charge on any atom is -0.484 e. The summed E-state index contributed by atoms with van der Waals surface area (Å²) in [6, 6.07) is 23.2. The summed E-state index contributed by atoms with van der Waals surface area (Å²) in [6.45, 7) is 1.72. The molecular weight excluding hydrogens is 535 g/mol. The maximum Gasteiger partial charge on any atom is 0.453 e. The first-order valence-corrected chi connectivity index (χ1v) is 13.1. The Balaban J connectivity index is 1.35. The Morgan fingerprint density at radius 2 is 1.63 bits per heavy atom. The number of carbonyl (C=O) groups is 1. The zero-order chi connectivity index (χ0) is 29.0. The number of anilines is 1. The van der Waals surface area contributed by atoms with Gasteiger partial charge in [0.05, 0.1) is 5.39 Å². The van der Waals surface area contributed by atoms with Gasteiger partial charge in [-0.05, 0) is 65.6 Å². The highest BCUT2D eigenvalue weighted by molar-refractivity contribution is 5.92. The molecule has 5 rings (SSSR count). The van der Waals surface area contributed by atoms with Gasteiger partial charge in [0.1, 0.15) is 17.1 Å². The molecule has 0 atom stereocenters. The number of hydrogen-bond acceptors (Lipinski definition) is 5. The first-order chi connectivity index (χ1) is 19.7. The molecule has 0 aliphatic heterocycles. The van der Waals surface area contributed by atoms with Gasteiger partial charge in [0.25, 0.3) is 11.7 Å². The molecule has 0 radical (unpaired) electrons. The van der Waals surface area contributed by atoms with Crippen molar-refractivity contribution in [1.82, 2.24) is 0 Å². The van der Waals surface area contributed by atoms with Crippen LogP contribution in [-0.2, 0) is 17.4 Å². The van der Waals surface area contributed by atoms with Gasteiger partial charge in [-0.1, -0.05) is 55.8 Å². The molecular formula is C32H26F3NO5. The second kappa shape index (κ2) is 11.8. The lowest BCUT2D eigenvalue weighted by molar-refractivity contribution is -0.154. The molecule has 5 aromatic rings. The number of hydrogen-bond donors (Lipinski definition) is 1. The summed E-state index contributed by atoms with van der Waals surface area (Å²) in [5.41, 5.74) is 0.423. The topological polar surface area (TPSA) is 77.8 Å². The summed E-state index contributed by atoms with van der Waals surface area (Å²) < 4.78 is 58.0. The zero-order valence-electron chi connectivity index (χ0n) is 22.1. The monoisotopic (exact) mass is 561 g/mol. The summed E-state index contributed by atoms with van der Waals surface area (Å²) in [5.74, 6) is -2.87. The number of halogens is 3. The van der Waals surface area contributed by atoms with Gasteiger partial charge in [-0.15, -0.1) is 0 Å². The largest absolute Gasteiger partial charge is 0.484 e. The SMILES string of the molecule is CCCCc1ccc(NC(=O)COc2ccc3c(=O)c(Oc4ccc5ccccc5c4)c(C(F)(F)F)oc3c2)cc1. The van der Waals surface area contributed by atoms with Gasteiger partial charge >= 0.3 is 6.18 Å². The van der Waals surface area contributed by atoms with Gasteiger partial charge in [-0.3, -0.25) is 9.59 Å². The number of alkyl halides is 3. The van der Waals surface area contributed by atoms with Gasteiger partial charge in [-0.25, -0.2) is 0 Å². The van der Waals surface area contributed by atoms with E-state index < -0.39 is 35.6 Å². The van der Waals surface area contributed by atoms with Crippen molar-refractivity contribution in [1.29, 1.82) is 0 Å². The number of amides is 1. The molecule has 0 fully saturated rings. The van der Waals surface area contributed by atoms with Crippen LogP contribution in [0.5, 0.6) is 17.2 Å². The summed E-state index contributed by atoms with van der Waals surface area (Å²) in [7, 11) is 0. The lowest BCUT2D eigenvalue weighted by atomic mass is 10.1. The molecule has 1 N–H and O–H groups in total. The fourth-order valence-corrected chi connectivity index (χ4v) is 4.36. The number of ether oxygens (including phenoxy) is 2. The van der Waals surface area contributed by atoms with Crippen molar-refractivity contribution in [3.05, 3.63) is 106 Å². The normalized spacial score (nSPS) is 11.5. The molecule has 0 spiro atoms. The number of carbonyl (C=O) groups excluding carboxylic acids is 1. The Labute approximate surface area is 233 Å². The molecule has 1 heterocycles.